The molecule has 0 aliphatic rings. The lowest BCUT2D eigenvalue weighted by atomic mass is 10.0. The number of aliphatic hydroxyl groups is 1. The van der Waals surface area contributed by atoms with Gasteiger partial charge in [-0.1, -0.05) is 18.2 Å². The number of aromatic nitrogens is 1. The molecule has 9 N–H and O–H groups in total. The van der Waals surface area contributed by atoms with Crippen LogP contribution in [0.5, 0.6) is 0 Å². The lowest BCUT2D eigenvalue weighted by Crippen LogP contribution is -2.56. The molecule has 0 fully saturated rings. The van der Waals surface area contributed by atoms with E-state index in [9.17, 15) is 24.3 Å². The molecule has 1 heterocycles. The minimum atomic E-state index is -1.58. The Labute approximate surface area is 165 Å². The zero-order valence-corrected chi connectivity index (χ0v) is 15.4. The fourth-order valence-corrected chi connectivity index (χ4v) is 2.78. The van der Waals surface area contributed by atoms with Crippen molar-refractivity contribution in [1.29, 1.82) is 0 Å². The molecular formula is C18H23N5O6. The molecule has 2 aromatic rings. The number of aromatic amines is 1. The van der Waals surface area contributed by atoms with E-state index in [1.165, 1.54) is 0 Å². The highest BCUT2D eigenvalue weighted by Crippen LogP contribution is 2.18. The van der Waals surface area contributed by atoms with Gasteiger partial charge in [-0.3, -0.25) is 14.4 Å². The van der Waals surface area contributed by atoms with Crippen LogP contribution in [-0.2, 0) is 25.6 Å². The number of nitrogens with two attached hydrogens (primary N) is 2. The molecule has 1 aromatic carbocycles. The smallest absolute Gasteiger partial charge is 0.326 e. The van der Waals surface area contributed by atoms with Crippen molar-refractivity contribution in [2.45, 2.75) is 31.0 Å². The molecule has 0 aliphatic carbocycles. The number of carbonyl (C=O) groups is 4. The molecule has 0 radical (unpaired) electrons. The molecule has 2 rings (SSSR count). The van der Waals surface area contributed by atoms with E-state index in [1.807, 2.05) is 24.3 Å². The van der Waals surface area contributed by atoms with Gasteiger partial charge in [0, 0.05) is 17.1 Å². The number of rotatable bonds is 10. The third-order valence-corrected chi connectivity index (χ3v) is 4.29. The van der Waals surface area contributed by atoms with Crippen LogP contribution in [0.2, 0.25) is 0 Å². The highest BCUT2D eigenvalue weighted by atomic mass is 16.4. The summed E-state index contributed by atoms with van der Waals surface area (Å²) in [5, 5.41) is 23.7. The summed E-state index contributed by atoms with van der Waals surface area (Å²) >= 11 is 0. The van der Waals surface area contributed by atoms with Crippen LogP contribution in [0.25, 0.3) is 10.9 Å². The van der Waals surface area contributed by atoms with Gasteiger partial charge in [0.15, 0.2) is 0 Å². The first-order chi connectivity index (χ1) is 13.7. The summed E-state index contributed by atoms with van der Waals surface area (Å²) in [5.41, 5.74) is 12.6. The third-order valence-electron chi connectivity index (χ3n) is 4.29. The summed E-state index contributed by atoms with van der Waals surface area (Å²) in [7, 11) is 0. The second-order valence-corrected chi connectivity index (χ2v) is 6.48. The molecule has 29 heavy (non-hydrogen) atoms. The highest BCUT2D eigenvalue weighted by molar-refractivity contribution is 5.93. The topological polar surface area (TPSA) is 201 Å². The van der Waals surface area contributed by atoms with E-state index in [0.29, 0.717) is 0 Å². The van der Waals surface area contributed by atoms with E-state index in [0.717, 1.165) is 16.5 Å². The highest BCUT2D eigenvalue weighted by Gasteiger charge is 2.28. The average molecular weight is 405 g/mol. The number of carboxylic acids is 1. The van der Waals surface area contributed by atoms with Gasteiger partial charge >= 0.3 is 5.97 Å². The number of carbonyl (C=O) groups excluding carboxylic acids is 3. The van der Waals surface area contributed by atoms with Gasteiger partial charge in [-0.25, -0.2) is 4.79 Å². The Morgan fingerprint density at radius 3 is 2.34 bits per heavy atom. The summed E-state index contributed by atoms with van der Waals surface area (Å²) in [6.07, 6.45) is 1.28. The molecule has 0 saturated carbocycles. The van der Waals surface area contributed by atoms with Crippen LogP contribution in [0, 0.1) is 0 Å². The average Bonchev–Trinajstić information content (AvgIpc) is 3.07. The molecule has 0 unspecified atom stereocenters. The summed E-state index contributed by atoms with van der Waals surface area (Å²) in [5.74, 6) is -4.08. The summed E-state index contributed by atoms with van der Waals surface area (Å²) in [6.45, 7) is -0.791. The number of fused-ring (bicyclic) bond motifs is 1. The van der Waals surface area contributed by atoms with E-state index in [4.69, 9.17) is 16.6 Å². The number of aliphatic hydroxyl groups excluding tert-OH is 1. The van der Waals surface area contributed by atoms with Gasteiger partial charge in [0.2, 0.25) is 17.7 Å². The van der Waals surface area contributed by atoms with Crippen LogP contribution < -0.4 is 22.1 Å². The third kappa shape index (κ3) is 5.77. The number of H-pyrrole nitrogens is 1. The summed E-state index contributed by atoms with van der Waals surface area (Å²) < 4.78 is 0. The molecule has 11 heteroatoms. The molecule has 0 saturated heterocycles. The maximum absolute atomic E-state index is 12.3. The number of para-hydroxylation sites is 1. The zero-order chi connectivity index (χ0) is 21.6. The number of hydrogen-bond donors (Lipinski definition) is 7. The molecule has 3 amide bonds. The number of amides is 3. The Morgan fingerprint density at radius 2 is 1.72 bits per heavy atom. The second-order valence-electron chi connectivity index (χ2n) is 6.48. The normalized spacial score (nSPS) is 14.0. The van der Waals surface area contributed by atoms with Gasteiger partial charge in [0.25, 0.3) is 0 Å². The summed E-state index contributed by atoms with van der Waals surface area (Å²) in [6, 6.07) is 3.43. The van der Waals surface area contributed by atoms with Crippen LogP contribution in [0.3, 0.4) is 0 Å². The first kappa shape index (κ1) is 21.9. The van der Waals surface area contributed by atoms with E-state index >= 15 is 0 Å². The van der Waals surface area contributed by atoms with Gasteiger partial charge in [-0.15, -0.1) is 0 Å². The monoisotopic (exact) mass is 405 g/mol. The maximum Gasteiger partial charge on any atom is 0.326 e. The Kier molecular flexibility index (Phi) is 7.28. The minimum Gasteiger partial charge on any atom is -0.480 e. The van der Waals surface area contributed by atoms with Crippen molar-refractivity contribution >= 4 is 34.6 Å². The summed E-state index contributed by atoms with van der Waals surface area (Å²) in [4.78, 5) is 49.6. The van der Waals surface area contributed by atoms with E-state index in [2.05, 4.69) is 15.6 Å². The lowest BCUT2D eigenvalue weighted by molar-refractivity contribution is -0.144. The van der Waals surface area contributed by atoms with E-state index < -0.39 is 54.8 Å². The predicted octanol–water partition coefficient (Wildman–Crippen LogP) is -2.04. The first-order valence-electron chi connectivity index (χ1n) is 8.76. The zero-order valence-electron chi connectivity index (χ0n) is 15.4. The predicted molar refractivity (Wildman–Crippen MR) is 102 cm³/mol. The molecule has 0 bridgehead atoms. The van der Waals surface area contributed by atoms with Crippen molar-refractivity contribution in [2.24, 2.45) is 11.5 Å². The second kappa shape index (κ2) is 9.66. The molecular weight excluding hydrogens is 382 g/mol. The Balaban J connectivity index is 1.99. The number of aliphatic carboxylic acids is 1. The van der Waals surface area contributed by atoms with Crippen molar-refractivity contribution in [3.05, 3.63) is 36.0 Å². The standard InChI is InChI=1S/C18H23N5O6/c19-11(5-9-7-21-12-4-2-1-3-10(9)12)16(26)23-14(8-24)17(27)22-13(18(28)29)6-15(20)25/h1-4,7,11,13-14,21,24H,5-6,8,19H2,(H2,20,25)(H,22,27)(H,23,26)(H,28,29)/t11-,13-,14-/m0/s1. The fraction of sp³-hybridized carbons (Fsp3) is 0.333. The number of nitrogens with one attached hydrogen (secondary N) is 3. The minimum absolute atomic E-state index is 0.176. The number of primary amides is 1. The van der Waals surface area contributed by atoms with Crippen molar-refractivity contribution in [3.63, 3.8) is 0 Å². The number of hydrogen-bond acceptors (Lipinski definition) is 6. The molecule has 3 atom stereocenters. The van der Waals surface area contributed by atoms with Crippen LogP contribution in [0.4, 0.5) is 0 Å². The Bertz CT molecular complexity index is 911. The van der Waals surface area contributed by atoms with Crippen molar-refractivity contribution in [2.75, 3.05) is 6.61 Å². The van der Waals surface area contributed by atoms with Crippen LogP contribution in [0.1, 0.15) is 12.0 Å². The molecule has 0 spiro atoms. The number of carboxylic acid groups (broad SMARTS) is 1. The molecule has 0 aliphatic heterocycles. The van der Waals surface area contributed by atoms with Crippen molar-refractivity contribution in [1.82, 2.24) is 15.6 Å². The van der Waals surface area contributed by atoms with Crippen LogP contribution >= 0.6 is 0 Å². The fourth-order valence-electron chi connectivity index (χ4n) is 2.78. The van der Waals surface area contributed by atoms with Crippen LogP contribution in [0.15, 0.2) is 30.5 Å². The largest absolute Gasteiger partial charge is 0.480 e. The first-order valence-corrected chi connectivity index (χ1v) is 8.76. The van der Waals surface area contributed by atoms with Gasteiger partial charge < -0.3 is 37.3 Å². The van der Waals surface area contributed by atoms with Crippen molar-refractivity contribution in [3.8, 4) is 0 Å². The maximum atomic E-state index is 12.3. The molecule has 156 valence electrons. The van der Waals surface area contributed by atoms with Gasteiger partial charge in [-0.2, -0.15) is 0 Å². The van der Waals surface area contributed by atoms with Gasteiger partial charge in [0.05, 0.1) is 19.1 Å². The lowest BCUT2D eigenvalue weighted by Gasteiger charge is -2.21. The van der Waals surface area contributed by atoms with Crippen LogP contribution in [-0.4, -0.2) is 63.6 Å². The Hall–Kier alpha value is -3.44. The molecule has 11 nitrogen and oxygen atoms in total. The van der Waals surface area contributed by atoms with E-state index in [1.54, 1.807) is 6.20 Å². The quantitative estimate of drug-likeness (QED) is 0.236. The molecule has 1 aromatic heterocycles. The van der Waals surface area contributed by atoms with Gasteiger partial charge in [-0.05, 0) is 18.1 Å². The van der Waals surface area contributed by atoms with Gasteiger partial charge in [0.1, 0.15) is 12.1 Å². The number of benzene rings is 1. The van der Waals surface area contributed by atoms with E-state index in [-0.39, 0.29) is 6.42 Å². The Morgan fingerprint density at radius 1 is 1.07 bits per heavy atom. The SMILES string of the molecule is NC(=O)C[C@H](NC(=O)[C@H](CO)NC(=O)[C@@H](N)Cc1c[nH]c2ccccc12)C(=O)O. The van der Waals surface area contributed by atoms with Crippen molar-refractivity contribution < 1.29 is 29.4 Å².